The predicted molar refractivity (Wildman–Crippen MR) is 82.5 cm³/mol. The first kappa shape index (κ1) is 14.2. The third-order valence-corrected chi connectivity index (χ3v) is 4.46. The molecule has 2 nitrogen and oxygen atoms in total. The van der Waals surface area contributed by atoms with E-state index in [1.54, 1.807) is 11.3 Å². The monoisotopic (exact) mass is 274 g/mol. The van der Waals surface area contributed by atoms with Gasteiger partial charge in [0.2, 0.25) is 0 Å². The van der Waals surface area contributed by atoms with Crippen molar-refractivity contribution in [3.05, 3.63) is 52.5 Å². The van der Waals surface area contributed by atoms with Crippen molar-refractivity contribution in [1.82, 2.24) is 10.3 Å². The molecule has 0 amide bonds. The minimum atomic E-state index is -0.0139. The molecule has 1 atom stereocenters. The second kappa shape index (κ2) is 6.83. The molecule has 1 aromatic heterocycles. The van der Waals surface area contributed by atoms with Crippen molar-refractivity contribution in [1.29, 1.82) is 0 Å². The molecule has 3 heteroatoms. The van der Waals surface area contributed by atoms with Crippen LogP contribution in [0.2, 0.25) is 0 Å². The van der Waals surface area contributed by atoms with E-state index in [9.17, 15) is 0 Å². The second-order valence-corrected chi connectivity index (χ2v) is 5.98. The zero-order valence-electron chi connectivity index (χ0n) is 11.7. The van der Waals surface area contributed by atoms with Gasteiger partial charge in [0.25, 0.3) is 0 Å². The molecule has 0 radical (unpaired) electrons. The highest BCUT2D eigenvalue weighted by Gasteiger charge is 2.27. The average molecular weight is 274 g/mol. The van der Waals surface area contributed by atoms with Crippen LogP contribution in [0.5, 0.6) is 0 Å². The Balaban J connectivity index is 2.06. The van der Waals surface area contributed by atoms with Gasteiger partial charge < -0.3 is 5.32 Å². The van der Waals surface area contributed by atoms with Crippen LogP contribution in [-0.2, 0) is 12.0 Å². The van der Waals surface area contributed by atoms with Crippen LogP contribution < -0.4 is 5.32 Å². The lowest BCUT2D eigenvalue weighted by atomic mass is 9.93. The number of aromatic nitrogens is 1. The number of nitrogens with zero attached hydrogens (tertiary/aromatic N) is 1. The fraction of sp³-hybridized carbons (Fsp3) is 0.438. The molecule has 0 aliphatic carbocycles. The third-order valence-electron chi connectivity index (χ3n) is 3.43. The van der Waals surface area contributed by atoms with Gasteiger partial charge in [0, 0.05) is 11.6 Å². The highest BCUT2D eigenvalue weighted by atomic mass is 32.1. The molecule has 0 saturated carbocycles. The van der Waals surface area contributed by atoms with Gasteiger partial charge in [0.05, 0.1) is 5.54 Å². The van der Waals surface area contributed by atoms with E-state index in [0.717, 1.165) is 25.8 Å². The van der Waals surface area contributed by atoms with Crippen LogP contribution in [0.25, 0.3) is 0 Å². The van der Waals surface area contributed by atoms with Crippen molar-refractivity contribution in [2.24, 2.45) is 0 Å². The summed E-state index contributed by atoms with van der Waals surface area (Å²) in [4.78, 5) is 4.51. The number of rotatable bonds is 7. The topological polar surface area (TPSA) is 24.9 Å². The molecular weight excluding hydrogens is 252 g/mol. The molecule has 0 aliphatic rings. The number of nitrogens with one attached hydrogen (secondary N) is 1. The van der Waals surface area contributed by atoms with Gasteiger partial charge in [-0.25, -0.2) is 4.98 Å². The summed E-state index contributed by atoms with van der Waals surface area (Å²) >= 11 is 1.74. The molecular formula is C16H22N2S. The molecule has 1 N–H and O–H groups in total. The minimum Gasteiger partial charge on any atom is -0.306 e. The quantitative estimate of drug-likeness (QED) is 0.825. The summed E-state index contributed by atoms with van der Waals surface area (Å²) in [5.74, 6) is 0. The first-order valence-electron chi connectivity index (χ1n) is 6.93. The molecule has 102 valence electrons. The van der Waals surface area contributed by atoms with Crippen LogP contribution in [0.15, 0.2) is 41.9 Å². The lowest BCUT2D eigenvalue weighted by Crippen LogP contribution is -2.40. The maximum atomic E-state index is 4.51. The van der Waals surface area contributed by atoms with Crippen molar-refractivity contribution >= 4 is 11.3 Å². The van der Waals surface area contributed by atoms with Gasteiger partial charge in [0.1, 0.15) is 5.01 Å². The largest absolute Gasteiger partial charge is 0.306 e. The van der Waals surface area contributed by atoms with Gasteiger partial charge in [-0.2, -0.15) is 0 Å². The average Bonchev–Trinajstić information content (AvgIpc) is 2.99. The Morgan fingerprint density at radius 1 is 1.26 bits per heavy atom. The predicted octanol–water partition coefficient (Wildman–Crippen LogP) is 3.99. The van der Waals surface area contributed by atoms with E-state index in [2.05, 4.69) is 59.9 Å². The molecule has 0 fully saturated rings. The van der Waals surface area contributed by atoms with Crippen LogP contribution >= 0.6 is 11.3 Å². The Morgan fingerprint density at radius 2 is 2.05 bits per heavy atom. The molecule has 2 aromatic rings. The smallest absolute Gasteiger partial charge is 0.112 e. The van der Waals surface area contributed by atoms with E-state index >= 15 is 0 Å². The summed E-state index contributed by atoms with van der Waals surface area (Å²) in [6.45, 7) is 5.50. The van der Waals surface area contributed by atoms with Gasteiger partial charge in [-0.3, -0.25) is 0 Å². The number of thiazole rings is 1. The van der Waals surface area contributed by atoms with Crippen LogP contribution in [0.4, 0.5) is 0 Å². The molecule has 0 bridgehead atoms. The van der Waals surface area contributed by atoms with Crippen LogP contribution in [0.1, 0.15) is 37.3 Å². The van der Waals surface area contributed by atoms with Crippen LogP contribution in [0.3, 0.4) is 0 Å². The van der Waals surface area contributed by atoms with E-state index in [4.69, 9.17) is 0 Å². The van der Waals surface area contributed by atoms with Gasteiger partial charge in [-0.05, 0) is 38.3 Å². The number of benzene rings is 1. The van der Waals surface area contributed by atoms with Crippen molar-refractivity contribution in [2.75, 3.05) is 6.54 Å². The highest BCUT2D eigenvalue weighted by molar-refractivity contribution is 7.09. The zero-order valence-corrected chi connectivity index (χ0v) is 12.5. The Kier molecular flexibility index (Phi) is 5.11. The second-order valence-electron chi connectivity index (χ2n) is 5.08. The lowest BCUT2D eigenvalue weighted by Gasteiger charge is -2.29. The summed E-state index contributed by atoms with van der Waals surface area (Å²) in [5, 5.41) is 6.92. The SMILES string of the molecule is CCCNC(C)(CCc1ccccc1)c1nccs1. The summed E-state index contributed by atoms with van der Waals surface area (Å²) in [7, 11) is 0. The van der Waals surface area contributed by atoms with Gasteiger partial charge in [-0.15, -0.1) is 11.3 Å². The Morgan fingerprint density at radius 3 is 2.68 bits per heavy atom. The molecule has 19 heavy (non-hydrogen) atoms. The molecule has 0 aliphatic heterocycles. The van der Waals surface area contributed by atoms with Crippen molar-refractivity contribution in [2.45, 2.75) is 38.6 Å². The number of hydrogen-bond donors (Lipinski definition) is 1. The van der Waals surface area contributed by atoms with Gasteiger partial charge >= 0.3 is 0 Å². The molecule has 0 spiro atoms. The number of aryl methyl sites for hydroxylation is 1. The first-order valence-corrected chi connectivity index (χ1v) is 7.81. The summed E-state index contributed by atoms with van der Waals surface area (Å²) in [6, 6.07) is 10.7. The lowest BCUT2D eigenvalue weighted by molar-refractivity contribution is 0.339. The minimum absolute atomic E-state index is 0.0139. The molecule has 2 rings (SSSR count). The molecule has 1 aromatic carbocycles. The fourth-order valence-corrected chi connectivity index (χ4v) is 3.01. The van der Waals surface area contributed by atoms with Crippen LogP contribution in [0, 0.1) is 0 Å². The standard InChI is InChI=1S/C16H22N2S/c1-3-11-18-16(2,15-17-12-13-19-15)10-9-14-7-5-4-6-8-14/h4-8,12-13,18H,3,9-11H2,1-2H3. The zero-order chi connectivity index (χ0) is 13.6. The van der Waals surface area contributed by atoms with Crippen molar-refractivity contribution < 1.29 is 0 Å². The maximum absolute atomic E-state index is 4.51. The van der Waals surface area contributed by atoms with E-state index in [0.29, 0.717) is 0 Å². The first-order chi connectivity index (χ1) is 9.24. The Labute approximate surface area is 119 Å². The van der Waals surface area contributed by atoms with Crippen molar-refractivity contribution in [3.8, 4) is 0 Å². The van der Waals surface area contributed by atoms with E-state index < -0.39 is 0 Å². The molecule has 1 heterocycles. The van der Waals surface area contributed by atoms with E-state index in [1.165, 1.54) is 10.6 Å². The summed E-state index contributed by atoms with van der Waals surface area (Å²) < 4.78 is 0. The Hall–Kier alpha value is -1.19. The molecule has 0 saturated heterocycles. The maximum Gasteiger partial charge on any atom is 0.112 e. The van der Waals surface area contributed by atoms with Crippen LogP contribution in [-0.4, -0.2) is 11.5 Å². The number of hydrogen-bond acceptors (Lipinski definition) is 3. The van der Waals surface area contributed by atoms with E-state index in [1.807, 2.05) is 6.20 Å². The third kappa shape index (κ3) is 3.88. The molecule has 1 unspecified atom stereocenters. The fourth-order valence-electron chi connectivity index (χ4n) is 2.21. The highest BCUT2D eigenvalue weighted by Crippen LogP contribution is 2.28. The summed E-state index contributed by atoms with van der Waals surface area (Å²) in [6.07, 6.45) is 5.19. The van der Waals surface area contributed by atoms with Gasteiger partial charge in [0.15, 0.2) is 0 Å². The normalized spacial score (nSPS) is 14.2. The van der Waals surface area contributed by atoms with Gasteiger partial charge in [-0.1, -0.05) is 37.3 Å². The van der Waals surface area contributed by atoms with Crippen molar-refractivity contribution in [3.63, 3.8) is 0 Å². The summed E-state index contributed by atoms with van der Waals surface area (Å²) in [5.41, 5.74) is 1.38. The Bertz CT molecular complexity index is 467. The van der Waals surface area contributed by atoms with E-state index in [-0.39, 0.29) is 5.54 Å².